The summed E-state index contributed by atoms with van der Waals surface area (Å²) in [5.74, 6) is -2.31. The first-order chi connectivity index (χ1) is 9.86. The Morgan fingerprint density at radius 1 is 1.38 bits per heavy atom. The van der Waals surface area contributed by atoms with E-state index in [1.165, 1.54) is 26.2 Å². The Kier molecular flexibility index (Phi) is 4.09. The lowest BCUT2D eigenvalue weighted by molar-refractivity contribution is 0.0593. The highest BCUT2D eigenvalue weighted by Crippen LogP contribution is 2.30. The molecular formula is C14H11ClF2N2O2. The lowest BCUT2D eigenvalue weighted by Gasteiger charge is -2.11. The van der Waals surface area contributed by atoms with Gasteiger partial charge in [0.2, 0.25) is 0 Å². The van der Waals surface area contributed by atoms with Crippen molar-refractivity contribution >= 4 is 23.3 Å². The molecule has 2 rings (SSSR count). The van der Waals surface area contributed by atoms with E-state index in [4.69, 9.17) is 17.3 Å². The molecule has 1 heterocycles. The highest BCUT2D eigenvalue weighted by molar-refractivity contribution is 6.30. The summed E-state index contributed by atoms with van der Waals surface area (Å²) in [6.07, 6.45) is 0. The van der Waals surface area contributed by atoms with Crippen LogP contribution < -0.4 is 5.73 Å². The second-order valence-corrected chi connectivity index (χ2v) is 4.69. The largest absolute Gasteiger partial charge is 0.464 e. The van der Waals surface area contributed by atoms with Gasteiger partial charge in [-0.05, 0) is 19.1 Å². The van der Waals surface area contributed by atoms with Crippen LogP contribution in [0.2, 0.25) is 5.02 Å². The van der Waals surface area contributed by atoms with E-state index in [-0.39, 0.29) is 33.2 Å². The van der Waals surface area contributed by atoms with Gasteiger partial charge in [-0.15, -0.1) is 0 Å². The molecule has 110 valence electrons. The minimum Gasteiger partial charge on any atom is -0.464 e. The average molecular weight is 313 g/mol. The molecule has 0 atom stereocenters. The van der Waals surface area contributed by atoms with Gasteiger partial charge in [-0.2, -0.15) is 0 Å². The van der Waals surface area contributed by atoms with Gasteiger partial charge < -0.3 is 10.5 Å². The molecule has 0 saturated carbocycles. The number of pyridine rings is 1. The van der Waals surface area contributed by atoms with Crippen molar-refractivity contribution in [3.05, 3.63) is 46.1 Å². The summed E-state index contributed by atoms with van der Waals surface area (Å²) in [5.41, 5.74) is 5.31. The highest BCUT2D eigenvalue weighted by Gasteiger charge is 2.21. The predicted molar refractivity (Wildman–Crippen MR) is 75.1 cm³/mol. The highest BCUT2D eigenvalue weighted by atomic mass is 35.5. The molecule has 0 aliphatic rings. The van der Waals surface area contributed by atoms with Crippen molar-refractivity contribution in [2.75, 3.05) is 12.8 Å². The number of nitrogen functional groups attached to an aromatic ring is 1. The number of carbonyl (C=O) groups excluding carboxylic acids is 1. The fourth-order valence-electron chi connectivity index (χ4n) is 1.79. The van der Waals surface area contributed by atoms with E-state index in [1.807, 2.05) is 0 Å². The molecular weight excluding hydrogens is 302 g/mol. The summed E-state index contributed by atoms with van der Waals surface area (Å²) in [4.78, 5) is 15.5. The number of methoxy groups -OCH3 is 1. The summed E-state index contributed by atoms with van der Waals surface area (Å²) in [7, 11) is 1.17. The number of hydrogen-bond donors (Lipinski definition) is 1. The maximum atomic E-state index is 14.2. The molecule has 0 saturated heterocycles. The van der Waals surface area contributed by atoms with E-state index < -0.39 is 17.6 Å². The van der Waals surface area contributed by atoms with E-state index in [0.29, 0.717) is 0 Å². The van der Waals surface area contributed by atoms with Crippen LogP contribution in [0, 0.1) is 18.6 Å². The molecule has 0 amide bonds. The van der Waals surface area contributed by atoms with E-state index in [0.717, 1.165) is 6.07 Å². The quantitative estimate of drug-likeness (QED) is 0.864. The molecule has 1 aromatic heterocycles. The molecule has 0 radical (unpaired) electrons. The van der Waals surface area contributed by atoms with Crippen molar-refractivity contribution in [2.24, 2.45) is 0 Å². The summed E-state index contributed by atoms with van der Waals surface area (Å²) >= 11 is 5.58. The number of benzene rings is 1. The number of esters is 1. The first-order valence-electron chi connectivity index (χ1n) is 5.86. The molecule has 0 aliphatic heterocycles. The standard InChI is InChI=1S/C14H11ClF2N2O2/c1-6-11(18)10(17)13(19-12(6)14(20)21-2)7-3-4-8(15)9(16)5-7/h3-5H,1-2H3,(H2,18,19). The predicted octanol–water partition coefficient (Wildman–Crippen LogP) is 3.36. The zero-order valence-electron chi connectivity index (χ0n) is 11.2. The number of carbonyl (C=O) groups is 1. The molecule has 0 unspecified atom stereocenters. The normalized spacial score (nSPS) is 10.5. The molecule has 7 heteroatoms. The average Bonchev–Trinajstić information content (AvgIpc) is 2.47. The third-order valence-electron chi connectivity index (χ3n) is 3.00. The minimum absolute atomic E-state index is 0.104. The fourth-order valence-corrected chi connectivity index (χ4v) is 1.91. The molecule has 0 bridgehead atoms. The zero-order chi connectivity index (χ0) is 15.7. The Bertz CT molecular complexity index is 735. The summed E-state index contributed by atoms with van der Waals surface area (Å²) in [6.45, 7) is 1.45. The van der Waals surface area contributed by atoms with E-state index >= 15 is 0 Å². The van der Waals surface area contributed by atoms with Crippen LogP contribution >= 0.6 is 11.6 Å². The van der Waals surface area contributed by atoms with E-state index in [2.05, 4.69) is 9.72 Å². The second-order valence-electron chi connectivity index (χ2n) is 4.28. The van der Waals surface area contributed by atoms with Gasteiger partial charge >= 0.3 is 5.97 Å². The van der Waals surface area contributed by atoms with Gasteiger partial charge in [-0.3, -0.25) is 0 Å². The zero-order valence-corrected chi connectivity index (χ0v) is 12.0. The van der Waals surface area contributed by atoms with Crippen molar-refractivity contribution < 1.29 is 18.3 Å². The molecule has 0 spiro atoms. The second kappa shape index (κ2) is 5.65. The Morgan fingerprint density at radius 2 is 2.05 bits per heavy atom. The van der Waals surface area contributed by atoms with Crippen LogP contribution in [0.25, 0.3) is 11.3 Å². The monoisotopic (exact) mass is 312 g/mol. The molecule has 1 aromatic carbocycles. The van der Waals surface area contributed by atoms with Gasteiger partial charge in [0.25, 0.3) is 0 Å². The number of halogens is 3. The van der Waals surface area contributed by atoms with Crippen molar-refractivity contribution in [1.29, 1.82) is 0 Å². The lowest BCUT2D eigenvalue weighted by Crippen LogP contribution is -2.12. The molecule has 2 aromatic rings. The summed E-state index contributed by atoms with van der Waals surface area (Å²) in [5, 5.41) is -0.104. The summed E-state index contributed by atoms with van der Waals surface area (Å²) in [6, 6.07) is 3.66. The molecule has 4 nitrogen and oxygen atoms in total. The Balaban J connectivity index is 2.71. The minimum atomic E-state index is -0.832. The number of aromatic nitrogens is 1. The Labute approximate surface area is 124 Å². The summed E-state index contributed by atoms with van der Waals surface area (Å²) < 4.78 is 32.3. The van der Waals surface area contributed by atoms with E-state index in [9.17, 15) is 13.6 Å². The molecule has 2 N–H and O–H groups in total. The van der Waals surface area contributed by atoms with Gasteiger partial charge in [0.15, 0.2) is 11.5 Å². The van der Waals surface area contributed by atoms with Gasteiger partial charge in [0, 0.05) is 11.1 Å². The van der Waals surface area contributed by atoms with Gasteiger partial charge in [-0.25, -0.2) is 18.6 Å². The maximum Gasteiger partial charge on any atom is 0.357 e. The van der Waals surface area contributed by atoms with Crippen LogP contribution in [-0.4, -0.2) is 18.1 Å². The SMILES string of the molecule is COC(=O)c1nc(-c2ccc(Cl)c(F)c2)c(F)c(N)c1C. The molecule has 0 aliphatic carbocycles. The van der Waals surface area contributed by atoms with Crippen molar-refractivity contribution in [2.45, 2.75) is 6.92 Å². The topological polar surface area (TPSA) is 65.2 Å². The maximum absolute atomic E-state index is 14.2. The first-order valence-corrected chi connectivity index (χ1v) is 6.24. The Morgan fingerprint density at radius 3 is 2.62 bits per heavy atom. The van der Waals surface area contributed by atoms with Crippen molar-refractivity contribution in [1.82, 2.24) is 4.98 Å². The van der Waals surface area contributed by atoms with Gasteiger partial charge in [-0.1, -0.05) is 17.7 Å². The third kappa shape index (κ3) is 2.67. The van der Waals surface area contributed by atoms with Crippen molar-refractivity contribution in [3.8, 4) is 11.3 Å². The van der Waals surface area contributed by atoms with Crippen molar-refractivity contribution in [3.63, 3.8) is 0 Å². The first kappa shape index (κ1) is 15.2. The van der Waals surface area contributed by atoms with Gasteiger partial charge in [0.05, 0.1) is 17.8 Å². The Hall–Kier alpha value is -2.21. The number of rotatable bonds is 2. The van der Waals surface area contributed by atoms with Crippen LogP contribution in [0.3, 0.4) is 0 Å². The van der Waals surface area contributed by atoms with Crippen LogP contribution in [0.4, 0.5) is 14.5 Å². The van der Waals surface area contributed by atoms with Crippen LogP contribution in [-0.2, 0) is 4.74 Å². The fraction of sp³-hybridized carbons (Fsp3) is 0.143. The molecule has 21 heavy (non-hydrogen) atoms. The number of hydrogen-bond acceptors (Lipinski definition) is 4. The smallest absolute Gasteiger partial charge is 0.357 e. The van der Waals surface area contributed by atoms with Crippen LogP contribution in [0.1, 0.15) is 16.1 Å². The van der Waals surface area contributed by atoms with E-state index in [1.54, 1.807) is 0 Å². The third-order valence-corrected chi connectivity index (χ3v) is 3.31. The number of ether oxygens (including phenoxy) is 1. The van der Waals surface area contributed by atoms with Crippen LogP contribution in [0.15, 0.2) is 18.2 Å². The van der Waals surface area contributed by atoms with Crippen LogP contribution in [0.5, 0.6) is 0 Å². The number of nitrogens with two attached hydrogens (primary N) is 1. The molecule has 0 fully saturated rings. The van der Waals surface area contributed by atoms with Gasteiger partial charge in [0.1, 0.15) is 11.5 Å². The lowest BCUT2D eigenvalue weighted by atomic mass is 10.1. The number of anilines is 1. The number of nitrogens with zero attached hydrogens (tertiary/aromatic N) is 1.